The second-order valence-electron chi connectivity index (χ2n) is 7.15. The molecular formula is C16H28ClN3O. The van der Waals surface area contributed by atoms with Crippen LogP contribution < -0.4 is 5.73 Å². The molecule has 0 saturated heterocycles. The number of aliphatic hydroxyl groups excluding tert-OH is 1. The molecule has 2 unspecified atom stereocenters. The van der Waals surface area contributed by atoms with Gasteiger partial charge in [-0.05, 0) is 32.1 Å². The van der Waals surface area contributed by atoms with E-state index in [-0.39, 0.29) is 10.8 Å². The smallest absolute Gasteiger partial charge is 0.0847 e. The molecule has 0 aromatic carbocycles. The molecule has 0 bridgehead atoms. The van der Waals surface area contributed by atoms with Crippen LogP contribution in [0.1, 0.15) is 51.4 Å². The van der Waals surface area contributed by atoms with Gasteiger partial charge in [0.15, 0.2) is 0 Å². The molecule has 1 heterocycles. The summed E-state index contributed by atoms with van der Waals surface area (Å²) >= 11 is 6.44. The van der Waals surface area contributed by atoms with Crippen LogP contribution in [-0.2, 0) is 13.0 Å². The summed E-state index contributed by atoms with van der Waals surface area (Å²) in [6.45, 7) is 9.50. The van der Waals surface area contributed by atoms with Crippen molar-refractivity contribution < 1.29 is 5.11 Å². The van der Waals surface area contributed by atoms with E-state index in [1.54, 1.807) is 0 Å². The van der Waals surface area contributed by atoms with Gasteiger partial charge in [0, 0.05) is 24.9 Å². The summed E-state index contributed by atoms with van der Waals surface area (Å²) in [5, 5.41) is 16.1. The molecule has 1 fully saturated rings. The number of hydrogen-bond donors (Lipinski definition) is 2. The number of rotatable bonds is 4. The lowest BCUT2D eigenvalue weighted by Crippen LogP contribution is -2.53. The molecule has 21 heavy (non-hydrogen) atoms. The maximum absolute atomic E-state index is 10.9. The molecule has 2 rings (SSSR count). The standard InChI is InChI=1S/C16H28ClN3O/c1-5-20-12(13(17)11(2)19-20)9-16(10-18)8-6-7-15(3,4)14(16)21/h14,21H,5-10,18H2,1-4H3. The highest BCUT2D eigenvalue weighted by Gasteiger charge is 2.48. The Morgan fingerprint density at radius 2 is 2.10 bits per heavy atom. The topological polar surface area (TPSA) is 64.1 Å². The van der Waals surface area contributed by atoms with Crippen LogP contribution >= 0.6 is 11.6 Å². The minimum atomic E-state index is -0.416. The van der Waals surface area contributed by atoms with Crippen LogP contribution in [-0.4, -0.2) is 27.5 Å². The number of nitrogens with zero attached hydrogens (tertiary/aromatic N) is 2. The Kier molecular flexibility index (Phi) is 4.72. The van der Waals surface area contributed by atoms with E-state index < -0.39 is 6.10 Å². The average Bonchev–Trinajstić information content (AvgIpc) is 2.71. The average molecular weight is 314 g/mol. The number of aryl methyl sites for hydroxylation is 2. The maximum Gasteiger partial charge on any atom is 0.0847 e. The Balaban J connectivity index is 2.39. The largest absolute Gasteiger partial charge is 0.392 e. The monoisotopic (exact) mass is 313 g/mol. The van der Waals surface area contributed by atoms with Gasteiger partial charge in [-0.25, -0.2) is 0 Å². The Bertz CT molecular complexity index is 512. The number of halogens is 1. The van der Waals surface area contributed by atoms with Crippen LogP contribution in [0.5, 0.6) is 0 Å². The van der Waals surface area contributed by atoms with Gasteiger partial charge in [-0.3, -0.25) is 4.68 Å². The van der Waals surface area contributed by atoms with E-state index in [9.17, 15) is 5.11 Å². The minimum Gasteiger partial charge on any atom is -0.392 e. The van der Waals surface area contributed by atoms with E-state index in [2.05, 4.69) is 25.9 Å². The molecule has 2 atom stereocenters. The van der Waals surface area contributed by atoms with Crippen molar-refractivity contribution in [3.8, 4) is 0 Å². The zero-order valence-corrected chi connectivity index (χ0v) is 14.4. The highest BCUT2D eigenvalue weighted by molar-refractivity contribution is 6.31. The number of aromatic nitrogens is 2. The Hall–Kier alpha value is -0.580. The third-order valence-electron chi connectivity index (χ3n) is 5.19. The van der Waals surface area contributed by atoms with Crippen molar-refractivity contribution in [3.05, 3.63) is 16.4 Å². The first-order valence-electron chi connectivity index (χ1n) is 7.87. The van der Waals surface area contributed by atoms with Crippen LogP contribution in [0.25, 0.3) is 0 Å². The fourth-order valence-corrected chi connectivity index (χ4v) is 4.04. The van der Waals surface area contributed by atoms with Gasteiger partial charge in [-0.1, -0.05) is 31.9 Å². The fraction of sp³-hybridized carbons (Fsp3) is 0.812. The third-order valence-corrected chi connectivity index (χ3v) is 5.69. The van der Waals surface area contributed by atoms with Crippen LogP contribution in [0.2, 0.25) is 5.02 Å². The van der Waals surface area contributed by atoms with Gasteiger partial charge in [-0.15, -0.1) is 0 Å². The van der Waals surface area contributed by atoms with E-state index in [0.717, 1.165) is 42.2 Å². The third kappa shape index (κ3) is 2.86. The van der Waals surface area contributed by atoms with Crippen LogP contribution in [0.3, 0.4) is 0 Å². The molecule has 1 aliphatic carbocycles. The van der Waals surface area contributed by atoms with Crippen LogP contribution in [0.15, 0.2) is 0 Å². The Labute approximate surface area is 132 Å². The van der Waals surface area contributed by atoms with E-state index in [1.807, 2.05) is 11.6 Å². The lowest BCUT2D eigenvalue weighted by atomic mass is 9.59. The summed E-state index contributed by atoms with van der Waals surface area (Å²) in [4.78, 5) is 0. The zero-order valence-electron chi connectivity index (χ0n) is 13.6. The van der Waals surface area contributed by atoms with Crippen molar-refractivity contribution >= 4 is 11.6 Å². The molecule has 1 saturated carbocycles. The molecule has 0 aliphatic heterocycles. The molecular weight excluding hydrogens is 286 g/mol. The van der Waals surface area contributed by atoms with Crippen molar-refractivity contribution in [2.45, 2.75) is 66.0 Å². The van der Waals surface area contributed by atoms with Crippen LogP contribution in [0.4, 0.5) is 0 Å². The second-order valence-corrected chi connectivity index (χ2v) is 7.53. The number of nitrogens with two attached hydrogens (primary N) is 1. The molecule has 1 aromatic heterocycles. The van der Waals surface area contributed by atoms with Crippen molar-refractivity contribution in [3.63, 3.8) is 0 Å². The number of aliphatic hydroxyl groups is 1. The molecule has 1 aromatic rings. The first-order chi connectivity index (χ1) is 9.77. The highest BCUT2D eigenvalue weighted by atomic mass is 35.5. The quantitative estimate of drug-likeness (QED) is 0.898. The van der Waals surface area contributed by atoms with Crippen molar-refractivity contribution in [1.82, 2.24) is 9.78 Å². The maximum atomic E-state index is 10.9. The lowest BCUT2D eigenvalue weighted by Gasteiger charge is -2.49. The van der Waals surface area contributed by atoms with Crippen molar-refractivity contribution in [2.75, 3.05) is 6.54 Å². The van der Waals surface area contributed by atoms with E-state index in [1.165, 1.54) is 0 Å². The van der Waals surface area contributed by atoms with Crippen LogP contribution in [0, 0.1) is 17.8 Å². The van der Waals surface area contributed by atoms with Crippen molar-refractivity contribution in [1.29, 1.82) is 0 Å². The summed E-state index contributed by atoms with van der Waals surface area (Å²) in [7, 11) is 0. The minimum absolute atomic E-state index is 0.101. The molecule has 120 valence electrons. The molecule has 3 N–H and O–H groups in total. The van der Waals surface area contributed by atoms with Gasteiger partial charge < -0.3 is 10.8 Å². The molecule has 1 aliphatic rings. The zero-order chi connectivity index (χ0) is 15.8. The Morgan fingerprint density at radius 1 is 1.43 bits per heavy atom. The SMILES string of the molecule is CCn1nc(C)c(Cl)c1CC1(CN)CCCC(C)(C)C1O. The van der Waals surface area contributed by atoms with Gasteiger partial charge in [-0.2, -0.15) is 5.10 Å². The molecule has 4 nitrogen and oxygen atoms in total. The van der Waals surface area contributed by atoms with E-state index in [0.29, 0.717) is 13.0 Å². The summed E-state index contributed by atoms with van der Waals surface area (Å²) in [6.07, 6.45) is 3.36. The second kappa shape index (κ2) is 5.90. The first-order valence-corrected chi connectivity index (χ1v) is 8.25. The highest BCUT2D eigenvalue weighted by Crippen LogP contribution is 2.48. The number of hydrogen-bond acceptors (Lipinski definition) is 3. The summed E-state index contributed by atoms with van der Waals surface area (Å²) in [6, 6.07) is 0. The fourth-order valence-electron chi connectivity index (χ4n) is 3.84. The molecule has 5 heteroatoms. The van der Waals surface area contributed by atoms with Gasteiger partial charge in [0.1, 0.15) is 0 Å². The van der Waals surface area contributed by atoms with E-state index in [4.69, 9.17) is 17.3 Å². The lowest BCUT2D eigenvalue weighted by molar-refractivity contribution is -0.0892. The van der Waals surface area contributed by atoms with Gasteiger partial charge in [0.05, 0.1) is 22.5 Å². The first kappa shape index (κ1) is 16.8. The predicted molar refractivity (Wildman–Crippen MR) is 86.5 cm³/mol. The summed E-state index contributed by atoms with van der Waals surface area (Å²) in [5.74, 6) is 0. The Morgan fingerprint density at radius 3 is 2.67 bits per heavy atom. The molecule has 0 spiro atoms. The predicted octanol–water partition coefficient (Wildman–Crippen LogP) is 2.92. The van der Waals surface area contributed by atoms with Gasteiger partial charge in [0.2, 0.25) is 0 Å². The molecule has 0 radical (unpaired) electrons. The summed E-state index contributed by atoms with van der Waals surface area (Å²) < 4.78 is 1.95. The van der Waals surface area contributed by atoms with Crippen molar-refractivity contribution in [2.24, 2.45) is 16.6 Å². The van der Waals surface area contributed by atoms with E-state index >= 15 is 0 Å². The van der Waals surface area contributed by atoms with Gasteiger partial charge in [0.25, 0.3) is 0 Å². The summed E-state index contributed by atoms with van der Waals surface area (Å²) in [5.41, 5.74) is 7.58. The molecule has 0 amide bonds. The van der Waals surface area contributed by atoms with Gasteiger partial charge >= 0.3 is 0 Å². The normalized spacial score (nSPS) is 28.8.